The van der Waals surface area contributed by atoms with Crippen molar-refractivity contribution in [2.75, 3.05) is 42.0 Å². The lowest BCUT2D eigenvalue weighted by Gasteiger charge is -2.08. The van der Waals surface area contributed by atoms with Gasteiger partial charge in [0.1, 0.15) is 11.6 Å². The van der Waals surface area contributed by atoms with Gasteiger partial charge in [0.05, 0.1) is 5.75 Å². The monoisotopic (exact) mass is 290 g/mol. The Morgan fingerprint density at radius 1 is 1.33 bits per heavy atom. The first-order valence-electron chi connectivity index (χ1n) is 5.56. The number of nitrogens with zero attached hydrogens (tertiary/aromatic N) is 2. The third kappa shape index (κ3) is 4.69. The van der Waals surface area contributed by atoms with Crippen molar-refractivity contribution in [2.45, 2.75) is 12.1 Å². The fourth-order valence-corrected chi connectivity index (χ4v) is 2.30. The lowest BCUT2D eigenvalue weighted by Crippen LogP contribution is -2.17. The first-order chi connectivity index (χ1) is 8.50. The Kier molecular flexibility index (Phi) is 5.67. The second kappa shape index (κ2) is 6.79. The molecule has 0 aliphatic carbocycles. The summed E-state index contributed by atoms with van der Waals surface area (Å²) in [7, 11) is -1.17. The van der Waals surface area contributed by atoms with E-state index in [2.05, 4.69) is 20.6 Å². The Labute approximate surface area is 112 Å². The van der Waals surface area contributed by atoms with E-state index in [1.807, 2.05) is 6.26 Å². The Balaban J connectivity index is 2.67. The van der Waals surface area contributed by atoms with E-state index in [0.29, 0.717) is 23.3 Å². The van der Waals surface area contributed by atoms with Gasteiger partial charge in [0.25, 0.3) is 0 Å². The summed E-state index contributed by atoms with van der Waals surface area (Å²) in [6, 6.07) is 1.75. The molecule has 0 bridgehead atoms. The summed E-state index contributed by atoms with van der Waals surface area (Å²) in [4.78, 5) is 8.48. The van der Waals surface area contributed by atoms with Crippen LogP contribution in [0.25, 0.3) is 0 Å². The van der Waals surface area contributed by atoms with Gasteiger partial charge in [-0.15, -0.1) is 0 Å². The van der Waals surface area contributed by atoms with Crippen LogP contribution in [-0.4, -0.2) is 49.7 Å². The minimum absolute atomic E-state index is 0.108. The van der Waals surface area contributed by atoms with Gasteiger partial charge in [-0.3, -0.25) is 0 Å². The second-order valence-electron chi connectivity index (χ2n) is 3.54. The highest BCUT2D eigenvalue weighted by Gasteiger charge is 2.07. The molecular formula is C10H18N4O2S2. The van der Waals surface area contributed by atoms with Crippen LogP contribution in [0.1, 0.15) is 6.92 Å². The standard InChI is InChI=1S/C10H18N4O2S2/c1-4-18(15,16)6-5-12-9-7-8(11-2)13-10(14-9)17-3/h7H,4-6H2,1-3H3,(H2,11,12,13,14). The minimum atomic E-state index is -2.95. The van der Waals surface area contributed by atoms with Crippen molar-refractivity contribution in [1.29, 1.82) is 0 Å². The molecule has 1 rings (SSSR count). The summed E-state index contributed by atoms with van der Waals surface area (Å²) in [5, 5.41) is 6.58. The van der Waals surface area contributed by atoms with Gasteiger partial charge in [-0.1, -0.05) is 18.7 Å². The molecule has 6 nitrogen and oxygen atoms in total. The molecule has 0 aromatic carbocycles. The largest absolute Gasteiger partial charge is 0.373 e. The predicted molar refractivity (Wildman–Crippen MR) is 76.2 cm³/mol. The van der Waals surface area contributed by atoms with Gasteiger partial charge in [-0.05, 0) is 6.26 Å². The van der Waals surface area contributed by atoms with Crippen molar-refractivity contribution < 1.29 is 8.42 Å². The SMILES string of the molecule is CCS(=O)(=O)CCNc1cc(NC)nc(SC)n1. The molecule has 8 heteroatoms. The molecule has 0 fully saturated rings. The highest BCUT2D eigenvalue weighted by atomic mass is 32.2. The fourth-order valence-electron chi connectivity index (χ4n) is 1.21. The summed E-state index contributed by atoms with van der Waals surface area (Å²) in [5.41, 5.74) is 0. The average Bonchev–Trinajstić information content (AvgIpc) is 2.38. The zero-order valence-electron chi connectivity index (χ0n) is 10.7. The van der Waals surface area contributed by atoms with Crippen LogP contribution in [0.2, 0.25) is 0 Å². The van der Waals surface area contributed by atoms with E-state index in [9.17, 15) is 8.42 Å². The molecule has 0 aliphatic heterocycles. The summed E-state index contributed by atoms with van der Waals surface area (Å²) in [6.45, 7) is 2.00. The number of nitrogens with one attached hydrogen (secondary N) is 2. The van der Waals surface area contributed by atoms with E-state index in [-0.39, 0.29) is 11.5 Å². The predicted octanol–water partition coefficient (Wildman–Crippen LogP) is 1.09. The highest BCUT2D eigenvalue weighted by molar-refractivity contribution is 7.98. The maximum Gasteiger partial charge on any atom is 0.191 e. The summed E-state index contributed by atoms with van der Waals surface area (Å²) in [5.74, 6) is 1.60. The van der Waals surface area contributed by atoms with E-state index in [4.69, 9.17) is 0 Å². The number of aromatic nitrogens is 2. The molecule has 1 aromatic rings. The van der Waals surface area contributed by atoms with E-state index >= 15 is 0 Å². The van der Waals surface area contributed by atoms with Crippen LogP contribution in [0.15, 0.2) is 11.2 Å². The number of rotatable bonds is 7. The third-order valence-electron chi connectivity index (χ3n) is 2.30. The first kappa shape index (κ1) is 15.0. The summed E-state index contributed by atoms with van der Waals surface area (Å²) >= 11 is 1.44. The lowest BCUT2D eigenvalue weighted by atomic mass is 10.5. The molecule has 18 heavy (non-hydrogen) atoms. The van der Waals surface area contributed by atoms with Crippen LogP contribution in [-0.2, 0) is 9.84 Å². The minimum Gasteiger partial charge on any atom is -0.373 e. The molecule has 0 unspecified atom stereocenters. The third-order valence-corrected chi connectivity index (χ3v) is 4.56. The quantitative estimate of drug-likeness (QED) is 0.574. The molecule has 0 spiro atoms. The lowest BCUT2D eigenvalue weighted by molar-refractivity contribution is 0.597. The van der Waals surface area contributed by atoms with Crippen LogP contribution >= 0.6 is 11.8 Å². The average molecular weight is 290 g/mol. The zero-order valence-corrected chi connectivity index (χ0v) is 12.4. The Bertz CT molecular complexity index is 468. The maximum atomic E-state index is 11.3. The van der Waals surface area contributed by atoms with Gasteiger partial charge in [0.2, 0.25) is 0 Å². The van der Waals surface area contributed by atoms with Crippen LogP contribution in [0.4, 0.5) is 11.6 Å². The summed E-state index contributed by atoms with van der Waals surface area (Å²) < 4.78 is 22.7. The molecule has 0 saturated carbocycles. The van der Waals surface area contributed by atoms with E-state index in [0.717, 1.165) is 0 Å². The van der Waals surface area contributed by atoms with Gasteiger partial charge in [-0.2, -0.15) is 0 Å². The molecule has 0 aliphatic rings. The van der Waals surface area contributed by atoms with Crippen molar-refractivity contribution in [2.24, 2.45) is 0 Å². The number of anilines is 2. The molecule has 102 valence electrons. The highest BCUT2D eigenvalue weighted by Crippen LogP contribution is 2.16. The van der Waals surface area contributed by atoms with Gasteiger partial charge < -0.3 is 10.6 Å². The number of hydrogen-bond donors (Lipinski definition) is 2. The molecular weight excluding hydrogens is 272 g/mol. The summed E-state index contributed by atoms with van der Waals surface area (Å²) in [6.07, 6.45) is 1.89. The van der Waals surface area contributed by atoms with Crippen molar-refractivity contribution in [3.05, 3.63) is 6.07 Å². The van der Waals surface area contributed by atoms with Crippen molar-refractivity contribution in [3.63, 3.8) is 0 Å². The zero-order chi connectivity index (χ0) is 13.6. The van der Waals surface area contributed by atoms with Crippen molar-refractivity contribution in [3.8, 4) is 0 Å². The Morgan fingerprint density at radius 3 is 2.56 bits per heavy atom. The molecule has 0 radical (unpaired) electrons. The number of hydrogen-bond acceptors (Lipinski definition) is 7. The van der Waals surface area contributed by atoms with Gasteiger partial charge >= 0.3 is 0 Å². The van der Waals surface area contributed by atoms with Crippen molar-refractivity contribution in [1.82, 2.24) is 9.97 Å². The van der Waals surface area contributed by atoms with Crippen LogP contribution < -0.4 is 10.6 Å². The van der Waals surface area contributed by atoms with E-state index in [1.165, 1.54) is 11.8 Å². The smallest absolute Gasteiger partial charge is 0.191 e. The van der Waals surface area contributed by atoms with Crippen molar-refractivity contribution >= 4 is 33.2 Å². The molecule has 1 heterocycles. The molecule has 1 aromatic heterocycles. The van der Waals surface area contributed by atoms with Gasteiger partial charge in [0, 0.05) is 25.4 Å². The van der Waals surface area contributed by atoms with Crippen LogP contribution in [0.5, 0.6) is 0 Å². The normalized spacial score (nSPS) is 11.3. The second-order valence-corrected chi connectivity index (χ2v) is 6.78. The number of sulfone groups is 1. The molecule has 0 amide bonds. The molecule has 0 atom stereocenters. The van der Waals surface area contributed by atoms with Crippen LogP contribution in [0, 0.1) is 0 Å². The van der Waals surface area contributed by atoms with Gasteiger partial charge in [0.15, 0.2) is 15.0 Å². The Hall–Kier alpha value is -1.02. The maximum absolute atomic E-state index is 11.3. The Morgan fingerprint density at radius 2 is 2.00 bits per heavy atom. The fraction of sp³-hybridized carbons (Fsp3) is 0.600. The first-order valence-corrected chi connectivity index (χ1v) is 8.60. The van der Waals surface area contributed by atoms with E-state index < -0.39 is 9.84 Å². The van der Waals surface area contributed by atoms with Crippen LogP contribution in [0.3, 0.4) is 0 Å². The topological polar surface area (TPSA) is 84.0 Å². The van der Waals surface area contributed by atoms with Gasteiger partial charge in [-0.25, -0.2) is 18.4 Å². The number of thioether (sulfide) groups is 1. The van der Waals surface area contributed by atoms with E-state index in [1.54, 1.807) is 20.0 Å². The molecule has 2 N–H and O–H groups in total. The molecule has 0 saturated heterocycles.